The van der Waals surface area contributed by atoms with Crippen LogP contribution < -0.4 is 19.5 Å². The molecule has 134 valence electrons. The lowest BCUT2D eigenvalue weighted by Crippen LogP contribution is -2.01. The van der Waals surface area contributed by atoms with Crippen LogP contribution in [0.1, 0.15) is 5.56 Å². The predicted octanol–water partition coefficient (Wildman–Crippen LogP) is 5.10. The van der Waals surface area contributed by atoms with Crippen LogP contribution in [0, 0.1) is 6.92 Å². The number of hydrogen-bond acceptors (Lipinski definition) is 6. The van der Waals surface area contributed by atoms with Gasteiger partial charge in [0.2, 0.25) is 11.8 Å². The van der Waals surface area contributed by atoms with Gasteiger partial charge < -0.3 is 19.5 Å². The largest absolute Gasteiger partial charge is 0.493 e. The summed E-state index contributed by atoms with van der Waals surface area (Å²) in [5, 5.41) is 3.17. The Labute approximate surface area is 160 Å². The molecule has 3 aromatic rings. The van der Waals surface area contributed by atoms with Gasteiger partial charge in [0.05, 0.1) is 24.9 Å². The molecule has 0 radical (unpaired) electrons. The van der Waals surface area contributed by atoms with Crippen LogP contribution in [-0.4, -0.2) is 24.2 Å². The normalized spacial score (nSPS) is 10.3. The first-order chi connectivity index (χ1) is 12.6. The number of ether oxygens (including phenoxy) is 3. The van der Waals surface area contributed by atoms with E-state index in [2.05, 4.69) is 31.2 Å². The number of halogens is 1. The van der Waals surface area contributed by atoms with Crippen molar-refractivity contribution < 1.29 is 14.2 Å². The van der Waals surface area contributed by atoms with E-state index in [1.165, 1.54) is 0 Å². The minimum absolute atomic E-state index is 0.408. The summed E-state index contributed by atoms with van der Waals surface area (Å²) in [5.41, 5.74) is 1.72. The van der Waals surface area contributed by atoms with Crippen LogP contribution in [0.3, 0.4) is 0 Å². The Hall–Kier alpha value is -2.80. The van der Waals surface area contributed by atoms with Crippen LogP contribution >= 0.6 is 15.9 Å². The van der Waals surface area contributed by atoms with Gasteiger partial charge in [-0.3, -0.25) is 0 Å². The van der Waals surface area contributed by atoms with Crippen LogP contribution in [-0.2, 0) is 0 Å². The smallest absolute Gasteiger partial charge is 0.238 e. The molecule has 3 rings (SSSR count). The molecule has 0 atom stereocenters. The Kier molecular flexibility index (Phi) is 5.58. The third-order valence-electron chi connectivity index (χ3n) is 3.59. The highest BCUT2D eigenvalue weighted by atomic mass is 79.9. The number of hydrogen-bond donors (Lipinski definition) is 1. The van der Waals surface area contributed by atoms with Gasteiger partial charge in [0.25, 0.3) is 0 Å². The summed E-state index contributed by atoms with van der Waals surface area (Å²) in [6.07, 6.45) is 1.64. The van der Waals surface area contributed by atoms with Gasteiger partial charge in [-0.25, -0.2) is 4.98 Å². The molecule has 6 nitrogen and oxygen atoms in total. The van der Waals surface area contributed by atoms with Gasteiger partial charge in [-0.1, -0.05) is 18.2 Å². The summed E-state index contributed by atoms with van der Waals surface area (Å²) < 4.78 is 17.2. The summed E-state index contributed by atoms with van der Waals surface area (Å²) in [5.74, 6) is 2.85. The molecule has 0 aliphatic heterocycles. The second-order valence-electron chi connectivity index (χ2n) is 5.42. The molecule has 0 saturated heterocycles. The van der Waals surface area contributed by atoms with Crippen LogP contribution in [0.5, 0.6) is 23.1 Å². The van der Waals surface area contributed by atoms with E-state index in [4.69, 9.17) is 14.2 Å². The molecule has 0 unspecified atom stereocenters. The van der Waals surface area contributed by atoms with Crippen molar-refractivity contribution in [3.8, 4) is 23.1 Å². The van der Waals surface area contributed by atoms with Crippen LogP contribution in [0.4, 0.5) is 11.6 Å². The summed E-state index contributed by atoms with van der Waals surface area (Å²) in [4.78, 5) is 8.71. The van der Waals surface area contributed by atoms with Crippen LogP contribution in [0.25, 0.3) is 0 Å². The Morgan fingerprint density at radius 2 is 1.81 bits per heavy atom. The number of aromatic nitrogens is 2. The van der Waals surface area contributed by atoms with Gasteiger partial charge in [0.15, 0.2) is 11.5 Å². The number of aryl methyl sites for hydroxylation is 1. The van der Waals surface area contributed by atoms with Gasteiger partial charge in [0.1, 0.15) is 5.75 Å². The van der Waals surface area contributed by atoms with Gasteiger partial charge in [-0.05, 0) is 46.6 Å². The van der Waals surface area contributed by atoms with Crippen LogP contribution in [0.2, 0.25) is 0 Å². The van der Waals surface area contributed by atoms with E-state index in [0.29, 0.717) is 33.5 Å². The van der Waals surface area contributed by atoms with Crippen molar-refractivity contribution in [2.75, 3.05) is 19.5 Å². The molecule has 7 heteroatoms. The van der Waals surface area contributed by atoms with E-state index in [-0.39, 0.29) is 0 Å². The molecule has 26 heavy (non-hydrogen) atoms. The van der Waals surface area contributed by atoms with Crippen molar-refractivity contribution >= 4 is 27.6 Å². The first-order valence-corrected chi connectivity index (χ1v) is 8.65. The maximum Gasteiger partial charge on any atom is 0.238 e. The number of benzene rings is 2. The minimum Gasteiger partial charge on any atom is -0.493 e. The van der Waals surface area contributed by atoms with Gasteiger partial charge in [-0.2, -0.15) is 4.98 Å². The standard InChI is InChI=1S/C19H18BrN3O3/c1-12-9-13(10-16(24-2)17(12)25-3)22-19-21-11-15(20)18(23-19)26-14-7-5-4-6-8-14/h4-11H,1-3H3,(H,21,22,23). The molecule has 0 bridgehead atoms. The fraction of sp³-hybridized carbons (Fsp3) is 0.158. The molecule has 0 fully saturated rings. The lowest BCUT2D eigenvalue weighted by molar-refractivity contribution is 0.353. The summed E-state index contributed by atoms with van der Waals surface area (Å²) in [7, 11) is 3.21. The van der Waals surface area contributed by atoms with E-state index in [1.807, 2.05) is 49.4 Å². The average molecular weight is 416 g/mol. The van der Waals surface area contributed by atoms with Gasteiger partial charge in [-0.15, -0.1) is 0 Å². The second kappa shape index (κ2) is 8.05. The zero-order valence-electron chi connectivity index (χ0n) is 14.6. The Morgan fingerprint density at radius 1 is 1.04 bits per heavy atom. The number of rotatable bonds is 6. The molecular formula is C19H18BrN3O3. The first-order valence-electron chi connectivity index (χ1n) is 7.86. The highest BCUT2D eigenvalue weighted by molar-refractivity contribution is 9.10. The van der Waals surface area contributed by atoms with E-state index in [0.717, 1.165) is 11.3 Å². The molecule has 0 aliphatic carbocycles. The predicted molar refractivity (Wildman–Crippen MR) is 104 cm³/mol. The molecule has 1 N–H and O–H groups in total. The molecule has 0 saturated carbocycles. The van der Waals surface area contributed by atoms with Crippen molar-refractivity contribution in [2.24, 2.45) is 0 Å². The number of anilines is 2. The van der Waals surface area contributed by atoms with Crippen molar-refractivity contribution in [3.05, 3.63) is 58.7 Å². The van der Waals surface area contributed by atoms with Gasteiger partial charge in [0, 0.05) is 11.8 Å². The summed E-state index contributed by atoms with van der Waals surface area (Å²) >= 11 is 3.41. The SMILES string of the molecule is COc1cc(Nc2ncc(Br)c(Oc3ccccc3)n2)cc(C)c1OC. The Bertz CT molecular complexity index is 904. The van der Waals surface area contributed by atoms with Crippen molar-refractivity contribution in [2.45, 2.75) is 6.92 Å². The molecule has 0 amide bonds. The van der Waals surface area contributed by atoms with E-state index in [1.54, 1.807) is 20.4 Å². The third kappa shape index (κ3) is 4.05. The molecule has 0 spiro atoms. The number of methoxy groups -OCH3 is 2. The minimum atomic E-state index is 0.408. The molecule has 1 aromatic heterocycles. The van der Waals surface area contributed by atoms with Gasteiger partial charge >= 0.3 is 0 Å². The number of nitrogens with one attached hydrogen (secondary N) is 1. The van der Waals surface area contributed by atoms with Crippen molar-refractivity contribution in [3.63, 3.8) is 0 Å². The maximum atomic E-state index is 5.81. The zero-order chi connectivity index (χ0) is 18.5. The summed E-state index contributed by atoms with van der Waals surface area (Å²) in [6.45, 7) is 1.94. The molecule has 2 aromatic carbocycles. The van der Waals surface area contributed by atoms with E-state index < -0.39 is 0 Å². The number of para-hydroxylation sites is 1. The molecule has 1 heterocycles. The fourth-order valence-corrected chi connectivity index (χ4v) is 2.71. The second-order valence-corrected chi connectivity index (χ2v) is 6.27. The quantitative estimate of drug-likeness (QED) is 0.603. The Morgan fingerprint density at radius 3 is 2.50 bits per heavy atom. The first kappa shape index (κ1) is 18.0. The highest BCUT2D eigenvalue weighted by Crippen LogP contribution is 2.35. The lowest BCUT2D eigenvalue weighted by Gasteiger charge is -2.14. The summed E-state index contributed by atoms with van der Waals surface area (Å²) in [6, 6.07) is 13.2. The highest BCUT2D eigenvalue weighted by Gasteiger charge is 2.12. The van der Waals surface area contributed by atoms with E-state index in [9.17, 15) is 0 Å². The van der Waals surface area contributed by atoms with Crippen molar-refractivity contribution in [1.29, 1.82) is 0 Å². The molecule has 0 aliphatic rings. The maximum absolute atomic E-state index is 5.81. The lowest BCUT2D eigenvalue weighted by atomic mass is 10.2. The number of nitrogens with zero attached hydrogens (tertiary/aromatic N) is 2. The zero-order valence-corrected chi connectivity index (χ0v) is 16.2. The molecular weight excluding hydrogens is 398 g/mol. The fourth-order valence-electron chi connectivity index (χ4n) is 2.44. The third-order valence-corrected chi connectivity index (χ3v) is 4.13. The van der Waals surface area contributed by atoms with Crippen molar-refractivity contribution in [1.82, 2.24) is 9.97 Å². The topological polar surface area (TPSA) is 65.5 Å². The van der Waals surface area contributed by atoms with Crippen LogP contribution in [0.15, 0.2) is 53.1 Å². The monoisotopic (exact) mass is 415 g/mol. The Balaban J connectivity index is 1.87. The van der Waals surface area contributed by atoms with E-state index >= 15 is 0 Å². The average Bonchev–Trinajstić information content (AvgIpc) is 2.65.